The highest BCUT2D eigenvalue weighted by Gasteiger charge is 2.36. The number of aromatic amines is 1. The monoisotopic (exact) mass is 237 g/mol. The molecular formula is C9H11N5O3. The molecule has 0 spiro atoms. The number of carbonyl (C=O) groups excluding carboxylic acids is 3. The summed E-state index contributed by atoms with van der Waals surface area (Å²) in [5.41, 5.74) is 0.0888. The number of hydrogen-bond acceptors (Lipinski definition) is 5. The molecule has 17 heavy (non-hydrogen) atoms. The molecule has 1 aliphatic heterocycles. The van der Waals surface area contributed by atoms with Crippen molar-refractivity contribution in [2.75, 3.05) is 6.54 Å². The third kappa shape index (κ3) is 2.01. The maximum Gasteiger partial charge on any atom is 0.277 e. The molecule has 1 aromatic heterocycles. The Hall–Kier alpha value is -2.25. The van der Waals surface area contributed by atoms with E-state index in [9.17, 15) is 14.4 Å². The summed E-state index contributed by atoms with van der Waals surface area (Å²) in [5, 5.41) is 11.7. The highest BCUT2D eigenvalue weighted by molar-refractivity contribution is 6.06. The van der Waals surface area contributed by atoms with Crippen molar-refractivity contribution in [1.29, 1.82) is 0 Å². The smallest absolute Gasteiger partial charge is 0.277 e. The van der Waals surface area contributed by atoms with E-state index in [1.807, 2.05) is 0 Å². The maximum absolute atomic E-state index is 12.0. The van der Waals surface area contributed by atoms with Crippen LogP contribution in [0.3, 0.4) is 0 Å². The lowest BCUT2D eigenvalue weighted by Crippen LogP contribution is -2.59. The van der Waals surface area contributed by atoms with Crippen molar-refractivity contribution in [3.05, 3.63) is 11.9 Å². The van der Waals surface area contributed by atoms with Crippen molar-refractivity contribution in [3.63, 3.8) is 0 Å². The molecule has 90 valence electrons. The minimum atomic E-state index is -0.642. The minimum Gasteiger partial charge on any atom is -0.316 e. The summed E-state index contributed by atoms with van der Waals surface area (Å²) in [6.07, 6.45) is 1.69. The molecule has 1 aromatic rings. The third-order valence-corrected chi connectivity index (χ3v) is 2.54. The lowest BCUT2D eigenvalue weighted by atomic mass is 10.1. The van der Waals surface area contributed by atoms with Crippen molar-refractivity contribution in [2.24, 2.45) is 0 Å². The van der Waals surface area contributed by atoms with Crippen LogP contribution in [0, 0.1) is 0 Å². The number of aromatic nitrogens is 3. The number of piperazine rings is 1. The SMILES string of the molecule is CCC1C(=O)NC(=O)CN1C(=O)c1cn[nH]n1. The summed E-state index contributed by atoms with van der Waals surface area (Å²) >= 11 is 0. The third-order valence-electron chi connectivity index (χ3n) is 2.54. The first-order valence-corrected chi connectivity index (χ1v) is 5.14. The first-order valence-electron chi connectivity index (χ1n) is 5.14. The normalized spacial score (nSPS) is 20.3. The Balaban J connectivity index is 2.25. The first kappa shape index (κ1) is 11.2. The molecule has 1 fully saturated rings. The summed E-state index contributed by atoms with van der Waals surface area (Å²) in [5.74, 6) is -1.43. The van der Waals surface area contributed by atoms with E-state index in [2.05, 4.69) is 20.7 Å². The molecule has 1 saturated heterocycles. The van der Waals surface area contributed by atoms with E-state index in [0.29, 0.717) is 6.42 Å². The summed E-state index contributed by atoms with van der Waals surface area (Å²) in [4.78, 5) is 36.0. The topological polar surface area (TPSA) is 108 Å². The minimum absolute atomic E-state index is 0.0888. The van der Waals surface area contributed by atoms with Gasteiger partial charge in [0, 0.05) is 0 Å². The molecule has 0 aliphatic carbocycles. The number of nitrogens with one attached hydrogen (secondary N) is 2. The zero-order valence-corrected chi connectivity index (χ0v) is 9.14. The lowest BCUT2D eigenvalue weighted by molar-refractivity contribution is -0.138. The Morgan fingerprint density at radius 1 is 1.59 bits per heavy atom. The van der Waals surface area contributed by atoms with Gasteiger partial charge in [0.1, 0.15) is 12.6 Å². The number of hydrogen-bond donors (Lipinski definition) is 2. The average molecular weight is 237 g/mol. The number of carbonyl (C=O) groups is 3. The Bertz CT molecular complexity index is 455. The largest absolute Gasteiger partial charge is 0.316 e. The number of imide groups is 1. The van der Waals surface area contributed by atoms with Gasteiger partial charge in [0.15, 0.2) is 5.69 Å². The van der Waals surface area contributed by atoms with Crippen LogP contribution in [-0.4, -0.2) is 50.6 Å². The van der Waals surface area contributed by atoms with Gasteiger partial charge in [-0.2, -0.15) is 15.4 Å². The molecule has 2 N–H and O–H groups in total. The van der Waals surface area contributed by atoms with E-state index in [1.165, 1.54) is 11.1 Å². The number of H-pyrrole nitrogens is 1. The molecular weight excluding hydrogens is 226 g/mol. The Kier molecular flexibility index (Phi) is 2.86. The van der Waals surface area contributed by atoms with Crippen LogP contribution < -0.4 is 5.32 Å². The van der Waals surface area contributed by atoms with Gasteiger partial charge in [0.2, 0.25) is 11.8 Å². The zero-order valence-electron chi connectivity index (χ0n) is 9.14. The van der Waals surface area contributed by atoms with Crippen molar-refractivity contribution in [2.45, 2.75) is 19.4 Å². The second-order valence-electron chi connectivity index (χ2n) is 3.62. The van der Waals surface area contributed by atoms with Gasteiger partial charge in [0.05, 0.1) is 6.20 Å². The Labute approximate surface area is 96.4 Å². The molecule has 0 aromatic carbocycles. The maximum atomic E-state index is 12.0. The molecule has 0 bridgehead atoms. The van der Waals surface area contributed by atoms with Crippen LogP contribution in [0.2, 0.25) is 0 Å². The number of amides is 3. The molecule has 1 aliphatic rings. The van der Waals surface area contributed by atoms with Crippen molar-refractivity contribution < 1.29 is 14.4 Å². The average Bonchev–Trinajstić information content (AvgIpc) is 2.80. The van der Waals surface area contributed by atoms with E-state index >= 15 is 0 Å². The molecule has 2 rings (SSSR count). The summed E-state index contributed by atoms with van der Waals surface area (Å²) < 4.78 is 0. The molecule has 3 amide bonds. The molecule has 8 heteroatoms. The molecule has 1 atom stereocenters. The summed E-state index contributed by atoms with van der Waals surface area (Å²) in [6.45, 7) is 1.62. The van der Waals surface area contributed by atoms with Crippen molar-refractivity contribution in [3.8, 4) is 0 Å². The van der Waals surface area contributed by atoms with Gasteiger partial charge in [-0.25, -0.2) is 0 Å². The fourth-order valence-corrected chi connectivity index (χ4v) is 1.74. The highest BCUT2D eigenvalue weighted by atomic mass is 16.2. The summed E-state index contributed by atoms with van der Waals surface area (Å²) in [7, 11) is 0. The van der Waals surface area contributed by atoms with Gasteiger partial charge >= 0.3 is 0 Å². The van der Waals surface area contributed by atoms with Crippen LogP contribution in [0.25, 0.3) is 0 Å². The summed E-state index contributed by atoms with van der Waals surface area (Å²) in [6, 6.07) is -0.642. The highest BCUT2D eigenvalue weighted by Crippen LogP contribution is 2.12. The standard InChI is InChI=1S/C9H11N5O3/c1-2-6-8(16)11-7(15)4-14(6)9(17)5-3-10-13-12-5/h3,6H,2,4H2,1H3,(H,10,12,13)(H,11,15,16). The van der Waals surface area contributed by atoms with Crippen LogP contribution in [0.4, 0.5) is 0 Å². The van der Waals surface area contributed by atoms with Gasteiger partial charge in [-0.1, -0.05) is 6.92 Å². The van der Waals surface area contributed by atoms with Gasteiger partial charge < -0.3 is 4.90 Å². The first-order chi connectivity index (χ1) is 8.13. The van der Waals surface area contributed by atoms with Crippen LogP contribution in [0.5, 0.6) is 0 Å². The fraction of sp³-hybridized carbons (Fsp3) is 0.444. The number of nitrogens with zero attached hydrogens (tertiary/aromatic N) is 3. The quantitative estimate of drug-likeness (QED) is 0.620. The molecule has 0 radical (unpaired) electrons. The van der Waals surface area contributed by atoms with Gasteiger partial charge in [-0.3, -0.25) is 19.7 Å². The van der Waals surface area contributed by atoms with E-state index in [1.54, 1.807) is 6.92 Å². The molecule has 8 nitrogen and oxygen atoms in total. The van der Waals surface area contributed by atoms with Crippen molar-refractivity contribution in [1.82, 2.24) is 25.6 Å². The van der Waals surface area contributed by atoms with E-state index < -0.39 is 23.8 Å². The van der Waals surface area contributed by atoms with Crippen LogP contribution >= 0.6 is 0 Å². The molecule has 2 heterocycles. The van der Waals surface area contributed by atoms with E-state index in [0.717, 1.165) is 0 Å². The van der Waals surface area contributed by atoms with Crippen LogP contribution in [0.15, 0.2) is 6.20 Å². The molecule has 1 unspecified atom stereocenters. The second kappa shape index (κ2) is 4.32. The lowest BCUT2D eigenvalue weighted by Gasteiger charge is -2.32. The van der Waals surface area contributed by atoms with E-state index in [4.69, 9.17) is 0 Å². The fourth-order valence-electron chi connectivity index (χ4n) is 1.74. The van der Waals surface area contributed by atoms with Crippen LogP contribution in [-0.2, 0) is 9.59 Å². The zero-order chi connectivity index (χ0) is 12.4. The van der Waals surface area contributed by atoms with E-state index in [-0.39, 0.29) is 12.2 Å². The van der Waals surface area contributed by atoms with Gasteiger partial charge in [-0.15, -0.1) is 0 Å². The second-order valence-corrected chi connectivity index (χ2v) is 3.62. The predicted molar refractivity (Wildman–Crippen MR) is 54.6 cm³/mol. The van der Waals surface area contributed by atoms with Gasteiger partial charge in [-0.05, 0) is 6.42 Å². The number of rotatable bonds is 2. The van der Waals surface area contributed by atoms with Gasteiger partial charge in [0.25, 0.3) is 5.91 Å². The Morgan fingerprint density at radius 2 is 2.35 bits per heavy atom. The van der Waals surface area contributed by atoms with Crippen LogP contribution in [0.1, 0.15) is 23.8 Å². The Morgan fingerprint density at radius 3 is 2.94 bits per heavy atom. The predicted octanol–water partition coefficient (Wildman–Crippen LogP) is -1.32. The molecule has 0 saturated carbocycles. The van der Waals surface area contributed by atoms with Crippen molar-refractivity contribution >= 4 is 17.7 Å².